The minimum Gasteiger partial charge on any atom is -0.367 e. The Bertz CT molecular complexity index is 113. The number of ether oxygens (including phenoxy) is 1. The van der Waals surface area contributed by atoms with Crippen molar-refractivity contribution in [2.45, 2.75) is 63.3 Å². The Morgan fingerprint density at radius 1 is 1.08 bits per heavy atom. The van der Waals surface area contributed by atoms with E-state index in [9.17, 15) is 0 Å². The van der Waals surface area contributed by atoms with Crippen LogP contribution in [0.5, 0.6) is 0 Å². The van der Waals surface area contributed by atoms with Gasteiger partial charge < -0.3 is 4.74 Å². The zero-order valence-corrected chi connectivity index (χ0v) is 10.8. The molecule has 80 valence electrons. The molecular weight excluding hydrogens is 228 g/mol. The van der Waals surface area contributed by atoms with E-state index in [4.69, 9.17) is 4.74 Å². The van der Waals surface area contributed by atoms with Crippen molar-refractivity contribution < 1.29 is 4.74 Å². The summed E-state index contributed by atoms with van der Waals surface area (Å²) < 4.78 is 5.18. The second-order valence-electron chi connectivity index (χ2n) is 3.82. The summed E-state index contributed by atoms with van der Waals surface area (Å²) in [6.07, 6.45) is 9.19. The van der Waals surface area contributed by atoms with Crippen LogP contribution in [-0.2, 0) is 4.74 Å². The van der Waals surface area contributed by atoms with Gasteiger partial charge in [0.2, 0.25) is 0 Å². The number of unbranched alkanes of at least 4 members (excludes halogenated alkanes) is 5. The number of rotatable bonds is 8. The quantitative estimate of drug-likeness (QED) is 0.456. The van der Waals surface area contributed by atoms with Gasteiger partial charge in [0.05, 0.1) is 0 Å². The summed E-state index contributed by atoms with van der Waals surface area (Å²) in [6, 6.07) is 0. The Morgan fingerprint density at radius 2 is 1.62 bits per heavy atom. The number of halogens is 1. The van der Waals surface area contributed by atoms with E-state index < -0.39 is 0 Å². The first-order chi connectivity index (χ1) is 6.12. The van der Waals surface area contributed by atoms with Crippen LogP contribution in [0.15, 0.2) is 0 Å². The van der Waals surface area contributed by atoms with Gasteiger partial charge in [0.25, 0.3) is 0 Å². The van der Waals surface area contributed by atoms with Gasteiger partial charge in [-0.1, -0.05) is 55.0 Å². The molecule has 0 N–H and O–H groups in total. The van der Waals surface area contributed by atoms with Crippen molar-refractivity contribution in [1.82, 2.24) is 0 Å². The fourth-order valence-corrected chi connectivity index (χ4v) is 1.60. The van der Waals surface area contributed by atoms with E-state index in [0.717, 1.165) is 6.42 Å². The zero-order valence-electron chi connectivity index (χ0n) is 9.24. The van der Waals surface area contributed by atoms with E-state index in [1.807, 2.05) is 0 Å². The molecule has 0 rings (SSSR count). The highest BCUT2D eigenvalue weighted by Gasteiger charge is 2.17. The molecule has 0 fully saturated rings. The fourth-order valence-electron chi connectivity index (χ4n) is 1.32. The summed E-state index contributed by atoms with van der Waals surface area (Å²) in [5.74, 6) is 0. The number of alkyl halides is 1. The SMILES string of the molecule is CCCCCCCCC(C)(Br)OC. The molecule has 0 spiro atoms. The van der Waals surface area contributed by atoms with Crippen LogP contribution in [-0.4, -0.2) is 11.6 Å². The molecule has 0 saturated carbocycles. The Labute approximate surface area is 91.4 Å². The molecule has 0 aliphatic carbocycles. The van der Waals surface area contributed by atoms with Gasteiger partial charge in [0.15, 0.2) is 0 Å². The van der Waals surface area contributed by atoms with Crippen LogP contribution in [0.4, 0.5) is 0 Å². The van der Waals surface area contributed by atoms with Crippen molar-refractivity contribution in [3.8, 4) is 0 Å². The van der Waals surface area contributed by atoms with Crippen molar-refractivity contribution in [2.75, 3.05) is 7.11 Å². The molecule has 0 radical (unpaired) electrons. The molecule has 0 aliphatic heterocycles. The number of hydrogen-bond acceptors (Lipinski definition) is 1. The lowest BCUT2D eigenvalue weighted by molar-refractivity contribution is 0.0837. The molecule has 0 aromatic heterocycles. The zero-order chi connectivity index (χ0) is 10.2. The Kier molecular flexibility index (Phi) is 8.07. The molecule has 1 unspecified atom stereocenters. The van der Waals surface area contributed by atoms with Gasteiger partial charge in [-0.15, -0.1) is 0 Å². The lowest BCUT2D eigenvalue weighted by Crippen LogP contribution is -2.17. The summed E-state index contributed by atoms with van der Waals surface area (Å²) in [4.78, 5) is 0. The summed E-state index contributed by atoms with van der Waals surface area (Å²) in [6.45, 7) is 4.33. The standard InChI is InChI=1S/C11H23BrO/c1-4-5-6-7-8-9-10-11(2,12)13-3/h4-10H2,1-3H3. The molecule has 0 aliphatic rings. The van der Waals surface area contributed by atoms with Gasteiger partial charge in [0.1, 0.15) is 4.51 Å². The molecule has 1 nitrogen and oxygen atoms in total. The molecule has 13 heavy (non-hydrogen) atoms. The maximum Gasteiger partial charge on any atom is 0.119 e. The van der Waals surface area contributed by atoms with Crippen molar-refractivity contribution in [2.24, 2.45) is 0 Å². The van der Waals surface area contributed by atoms with E-state index in [0.29, 0.717) is 0 Å². The van der Waals surface area contributed by atoms with Gasteiger partial charge in [-0.3, -0.25) is 0 Å². The largest absolute Gasteiger partial charge is 0.367 e. The van der Waals surface area contributed by atoms with E-state index in [2.05, 4.69) is 29.8 Å². The van der Waals surface area contributed by atoms with Gasteiger partial charge in [-0.25, -0.2) is 0 Å². The molecule has 0 saturated heterocycles. The maximum atomic E-state index is 5.28. The molecule has 2 heteroatoms. The fraction of sp³-hybridized carbons (Fsp3) is 1.00. The van der Waals surface area contributed by atoms with Crippen LogP contribution in [0, 0.1) is 0 Å². The lowest BCUT2D eigenvalue weighted by atomic mass is 10.1. The highest BCUT2D eigenvalue weighted by molar-refractivity contribution is 9.10. The first-order valence-electron chi connectivity index (χ1n) is 5.36. The Morgan fingerprint density at radius 3 is 2.15 bits per heavy atom. The third kappa shape index (κ3) is 8.76. The Balaban J connectivity index is 3.16. The van der Waals surface area contributed by atoms with E-state index in [1.54, 1.807) is 7.11 Å². The second-order valence-corrected chi connectivity index (χ2v) is 5.50. The normalized spacial score (nSPS) is 15.7. The lowest BCUT2D eigenvalue weighted by Gasteiger charge is -2.20. The second kappa shape index (κ2) is 7.81. The summed E-state index contributed by atoms with van der Waals surface area (Å²) in [7, 11) is 1.76. The van der Waals surface area contributed by atoms with Crippen molar-refractivity contribution in [1.29, 1.82) is 0 Å². The van der Waals surface area contributed by atoms with Crippen LogP contribution in [0.1, 0.15) is 58.8 Å². The summed E-state index contributed by atoms with van der Waals surface area (Å²) in [5.41, 5.74) is 0. The first-order valence-corrected chi connectivity index (χ1v) is 6.16. The molecule has 0 aromatic carbocycles. The molecule has 0 aromatic rings. The van der Waals surface area contributed by atoms with Crippen molar-refractivity contribution >= 4 is 15.9 Å². The van der Waals surface area contributed by atoms with E-state index in [-0.39, 0.29) is 4.51 Å². The number of hydrogen-bond donors (Lipinski definition) is 0. The van der Waals surface area contributed by atoms with Crippen LogP contribution in [0.3, 0.4) is 0 Å². The molecule has 0 heterocycles. The molecule has 0 amide bonds. The van der Waals surface area contributed by atoms with Crippen LogP contribution >= 0.6 is 15.9 Å². The average molecular weight is 251 g/mol. The highest BCUT2D eigenvalue weighted by Crippen LogP contribution is 2.25. The topological polar surface area (TPSA) is 9.23 Å². The molecule has 1 atom stereocenters. The van der Waals surface area contributed by atoms with E-state index in [1.165, 1.54) is 38.5 Å². The number of methoxy groups -OCH3 is 1. The third-order valence-electron chi connectivity index (χ3n) is 2.40. The molecular formula is C11H23BrO. The Hall–Kier alpha value is 0.440. The average Bonchev–Trinajstić information content (AvgIpc) is 2.11. The van der Waals surface area contributed by atoms with Crippen molar-refractivity contribution in [3.63, 3.8) is 0 Å². The van der Waals surface area contributed by atoms with Gasteiger partial charge in [0, 0.05) is 7.11 Å². The predicted octanol–water partition coefficient (Wildman–Crippen LogP) is 4.49. The van der Waals surface area contributed by atoms with Gasteiger partial charge in [-0.2, -0.15) is 0 Å². The third-order valence-corrected chi connectivity index (χ3v) is 3.12. The maximum absolute atomic E-state index is 5.28. The van der Waals surface area contributed by atoms with Crippen LogP contribution in [0.25, 0.3) is 0 Å². The smallest absolute Gasteiger partial charge is 0.119 e. The predicted molar refractivity (Wildman–Crippen MR) is 62.3 cm³/mol. The van der Waals surface area contributed by atoms with Gasteiger partial charge >= 0.3 is 0 Å². The molecule has 0 bridgehead atoms. The first kappa shape index (κ1) is 13.4. The van der Waals surface area contributed by atoms with Crippen LogP contribution in [0.2, 0.25) is 0 Å². The van der Waals surface area contributed by atoms with Crippen LogP contribution < -0.4 is 0 Å². The minimum absolute atomic E-state index is 0.0994. The van der Waals surface area contributed by atoms with Crippen molar-refractivity contribution in [3.05, 3.63) is 0 Å². The summed E-state index contributed by atoms with van der Waals surface area (Å²) >= 11 is 3.54. The minimum atomic E-state index is -0.0994. The highest BCUT2D eigenvalue weighted by atomic mass is 79.9. The monoisotopic (exact) mass is 250 g/mol. The van der Waals surface area contributed by atoms with Gasteiger partial charge in [-0.05, 0) is 19.8 Å². The van der Waals surface area contributed by atoms with E-state index >= 15 is 0 Å². The summed E-state index contributed by atoms with van der Waals surface area (Å²) in [5, 5.41) is 0.